The minimum absolute atomic E-state index is 0.0212. The van der Waals surface area contributed by atoms with Crippen LogP contribution in [0.1, 0.15) is 36.0 Å². The first-order valence-electron chi connectivity index (χ1n) is 8.06. The lowest BCUT2D eigenvalue weighted by molar-refractivity contribution is -0.123. The van der Waals surface area contributed by atoms with E-state index in [4.69, 9.17) is 0 Å². The lowest BCUT2D eigenvalue weighted by Crippen LogP contribution is -2.46. The molecule has 0 radical (unpaired) electrons. The number of nitrogens with one attached hydrogen (secondary N) is 2. The van der Waals surface area contributed by atoms with Crippen molar-refractivity contribution in [3.63, 3.8) is 0 Å². The Bertz CT molecular complexity index is 511. The normalized spacial score (nSPS) is 25.2. The van der Waals surface area contributed by atoms with Crippen molar-refractivity contribution in [3.8, 4) is 0 Å². The summed E-state index contributed by atoms with van der Waals surface area (Å²) in [4.78, 5) is 26.4. The number of hydrogen-bond acceptors (Lipinski definition) is 4. The van der Waals surface area contributed by atoms with Gasteiger partial charge >= 0.3 is 0 Å². The van der Waals surface area contributed by atoms with E-state index in [1.165, 1.54) is 0 Å². The molecular formula is C16H23N3O2S. The molecule has 6 heteroatoms. The van der Waals surface area contributed by atoms with Gasteiger partial charge in [0.25, 0.3) is 5.91 Å². The standard InChI is InChI=1S/C16H23N3O2S/c20-15(14-4-1-6-17-14)18-9-12-3-2-7-19(10-12)16(21)13-5-8-22-11-13/h5,8,11-12,14,17H,1-4,6-7,9-10H2,(H,18,20)/t12-,14+/m0/s1. The Balaban J connectivity index is 1.48. The Morgan fingerprint density at radius 3 is 3.00 bits per heavy atom. The number of carbonyl (C=O) groups is 2. The minimum atomic E-state index is -0.0212. The summed E-state index contributed by atoms with van der Waals surface area (Å²) in [6, 6.07) is 1.86. The molecule has 2 fully saturated rings. The molecule has 0 bridgehead atoms. The first-order chi connectivity index (χ1) is 10.7. The third-order valence-electron chi connectivity index (χ3n) is 4.52. The molecule has 22 heavy (non-hydrogen) atoms. The fourth-order valence-electron chi connectivity index (χ4n) is 3.26. The van der Waals surface area contributed by atoms with Gasteiger partial charge in [-0.25, -0.2) is 0 Å². The van der Waals surface area contributed by atoms with Crippen LogP contribution in [0.25, 0.3) is 0 Å². The molecule has 3 heterocycles. The van der Waals surface area contributed by atoms with Gasteiger partial charge in [-0.2, -0.15) is 11.3 Å². The van der Waals surface area contributed by atoms with Crippen molar-refractivity contribution in [2.24, 2.45) is 5.92 Å². The number of amides is 2. The molecule has 2 amide bonds. The number of thiophene rings is 1. The van der Waals surface area contributed by atoms with Crippen LogP contribution in [-0.2, 0) is 4.79 Å². The zero-order valence-corrected chi connectivity index (χ0v) is 13.5. The van der Waals surface area contributed by atoms with Crippen LogP contribution in [0.2, 0.25) is 0 Å². The van der Waals surface area contributed by atoms with Gasteiger partial charge in [0.2, 0.25) is 5.91 Å². The molecular weight excluding hydrogens is 298 g/mol. The van der Waals surface area contributed by atoms with Crippen LogP contribution in [0.3, 0.4) is 0 Å². The fraction of sp³-hybridized carbons (Fsp3) is 0.625. The highest BCUT2D eigenvalue weighted by atomic mass is 32.1. The molecule has 0 unspecified atom stereocenters. The van der Waals surface area contributed by atoms with E-state index >= 15 is 0 Å². The lowest BCUT2D eigenvalue weighted by Gasteiger charge is -2.33. The van der Waals surface area contributed by atoms with Gasteiger partial charge in [-0.15, -0.1) is 0 Å². The summed E-state index contributed by atoms with van der Waals surface area (Å²) in [7, 11) is 0. The van der Waals surface area contributed by atoms with Crippen molar-refractivity contribution in [1.82, 2.24) is 15.5 Å². The first-order valence-corrected chi connectivity index (χ1v) is 9.01. The molecule has 2 saturated heterocycles. The summed E-state index contributed by atoms with van der Waals surface area (Å²) in [6.45, 7) is 3.17. The Kier molecular flexibility index (Phi) is 5.10. The number of rotatable bonds is 4. The summed E-state index contributed by atoms with van der Waals surface area (Å²) in [5.41, 5.74) is 0.782. The van der Waals surface area contributed by atoms with Crippen molar-refractivity contribution in [2.75, 3.05) is 26.2 Å². The molecule has 2 aliphatic rings. The lowest BCUT2D eigenvalue weighted by atomic mass is 9.97. The smallest absolute Gasteiger partial charge is 0.254 e. The zero-order chi connectivity index (χ0) is 15.4. The molecule has 3 rings (SSSR count). The van der Waals surface area contributed by atoms with Gasteiger partial charge in [-0.3, -0.25) is 9.59 Å². The number of nitrogens with zero attached hydrogens (tertiary/aromatic N) is 1. The summed E-state index contributed by atoms with van der Waals surface area (Å²) in [5, 5.41) is 10.1. The molecule has 0 saturated carbocycles. The highest BCUT2D eigenvalue weighted by Crippen LogP contribution is 2.19. The molecule has 120 valence electrons. The largest absolute Gasteiger partial charge is 0.354 e. The number of carbonyl (C=O) groups excluding carboxylic acids is 2. The SMILES string of the molecule is O=C(NC[C@@H]1CCCN(C(=O)c2ccsc2)C1)[C@H]1CCCN1. The Hall–Kier alpha value is -1.40. The van der Waals surface area contributed by atoms with Crippen LogP contribution < -0.4 is 10.6 Å². The topological polar surface area (TPSA) is 61.4 Å². The summed E-state index contributed by atoms with van der Waals surface area (Å²) < 4.78 is 0. The van der Waals surface area contributed by atoms with Gasteiger partial charge in [0.15, 0.2) is 0 Å². The predicted octanol–water partition coefficient (Wildman–Crippen LogP) is 1.47. The van der Waals surface area contributed by atoms with E-state index in [9.17, 15) is 9.59 Å². The highest BCUT2D eigenvalue weighted by molar-refractivity contribution is 7.08. The highest BCUT2D eigenvalue weighted by Gasteiger charge is 2.26. The molecule has 2 atom stereocenters. The number of hydrogen-bond donors (Lipinski definition) is 2. The van der Waals surface area contributed by atoms with Crippen molar-refractivity contribution in [2.45, 2.75) is 31.7 Å². The predicted molar refractivity (Wildman–Crippen MR) is 87.0 cm³/mol. The fourth-order valence-corrected chi connectivity index (χ4v) is 3.89. The maximum absolute atomic E-state index is 12.4. The van der Waals surface area contributed by atoms with Crippen molar-refractivity contribution in [1.29, 1.82) is 0 Å². The van der Waals surface area contributed by atoms with Crippen molar-refractivity contribution in [3.05, 3.63) is 22.4 Å². The third kappa shape index (κ3) is 3.67. The second-order valence-electron chi connectivity index (χ2n) is 6.17. The van der Waals surface area contributed by atoms with Crippen LogP contribution in [0.4, 0.5) is 0 Å². The van der Waals surface area contributed by atoms with Gasteiger partial charge in [0.05, 0.1) is 11.6 Å². The molecule has 1 aromatic heterocycles. The van der Waals surface area contributed by atoms with E-state index in [2.05, 4.69) is 10.6 Å². The van der Waals surface area contributed by atoms with Crippen molar-refractivity contribution < 1.29 is 9.59 Å². The van der Waals surface area contributed by atoms with Crippen LogP contribution >= 0.6 is 11.3 Å². The molecule has 2 N–H and O–H groups in total. The van der Waals surface area contributed by atoms with Gasteiger partial charge in [-0.05, 0) is 49.6 Å². The molecule has 1 aromatic rings. The van der Waals surface area contributed by atoms with Crippen LogP contribution in [0, 0.1) is 5.92 Å². The van der Waals surface area contributed by atoms with E-state index in [1.807, 2.05) is 21.7 Å². The van der Waals surface area contributed by atoms with Gasteiger partial charge < -0.3 is 15.5 Å². The molecule has 0 aliphatic carbocycles. The first kappa shape index (κ1) is 15.5. The average Bonchev–Trinajstić information content (AvgIpc) is 3.25. The molecule has 2 aliphatic heterocycles. The number of likely N-dealkylation sites (tertiary alicyclic amines) is 1. The Morgan fingerprint density at radius 2 is 2.27 bits per heavy atom. The number of piperidine rings is 1. The van der Waals surface area contributed by atoms with E-state index in [-0.39, 0.29) is 17.9 Å². The quantitative estimate of drug-likeness (QED) is 0.883. The minimum Gasteiger partial charge on any atom is -0.354 e. The maximum atomic E-state index is 12.4. The molecule has 0 aromatic carbocycles. The van der Waals surface area contributed by atoms with E-state index in [0.29, 0.717) is 12.5 Å². The maximum Gasteiger partial charge on any atom is 0.254 e. The Labute approximate surface area is 135 Å². The van der Waals surface area contributed by atoms with E-state index < -0.39 is 0 Å². The van der Waals surface area contributed by atoms with Gasteiger partial charge in [0.1, 0.15) is 0 Å². The monoisotopic (exact) mass is 321 g/mol. The Morgan fingerprint density at radius 1 is 1.36 bits per heavy atom. The summed E-state index contributed by atoms with van der Waals surface area (Å²) in [5.74, 6) is 0.593. The second kappa shape index (κ2) is 7.24. The zero-order valence-electron chi connectivity index (χ0n) is 12.7. The van der Waals surface area contributed by atoms with Gasteiger partial charge in [-0.1, -0.05) is 0 Å². The van der Waals surface area contributed by atoms with E-state index in [0.717, 1.165) is 50.9 Å². The van der Waals surface area contributed by atoms with E-state index in [1.54, 1.807) is 11.3 Å². The second-order valence-corrected chi connectivity index (χ2v) is 6.95. The van der Waals surface area contributed by atoms with Crippen LogP contribution in [0.15, 0.2) is 16.8 Å². The van der Waals surface area contributed by atoms with Crippen molar-refractivity contribution >= 4 is 23.2 Å². The van der Waals surface area contributed by atoms with Crippen LogP contribution in [0.5, 0.6) is 0 Å². The summed E-state index contributed by atoms with van der Waals surface area (Å²) >= 11 is 1.55. The molecule has 5 nitrogen and oxygen atoms in total. The molecule has 0 spiro atoms. The van der Waals surface area contributed by atoms with Crippen LogP contribution in [-0.4, -0.2) is 48.9 Å². The third-order valence-corrected chi connectivity index (χ3v) is 5.20. The van der Waals surface area contributed by atoms with Gasteiger partial charge in [0, 0.05) is 25.0 Å². The summed E-state index contributed by atoms with van der Waals surface area (Å²) in [6.07, 6.45) is 4.09. The average molecular weight is 321 g/mol.